The van der Waals surface area contributed by atoms with E-state index < -0.39 is 0 Å². The highest BCUT2D eigenvalue weighted by Gasteiger charge is 2.27. The van der Waals surface area contributed by atoms with Crippen LogP contribution in [0.4, 0.5) is 0 Å². The van der Waals surface area contributed by atoms with Gasteiger partial charge in [-0.05, 0) is 71.0 Å². The fraction of sp³-hybridized carbons (Fsp3) is 0.929. The molecular weight excluding hydrogens is 228 g/mol. The van der Waals surface area contributed by atoms with Gasteiger partial charge >= 0.3 is 5.97 Å². The summed E-state index contributed by atoms with van der Waals surface area (Å²) in [4.78, 5) is 12.1. The minimum atomic E-state index is -0.117. The Kier molecular flexibility index (Phi) is 5.45. The molecule has 1 aliphatic heterocycles. The molecule has 0 amide bonds. The van der Waals surface area contributed by atoms with Crippen molar-refractivity contribution in [3.8, 4) is 0 Å². The van der Waals surface area contributed by atoms with Crippen LogP contribution in [0.25, 0.3) is 0 Å². The third kappa shape index (κ3) is 3.95. The maximum absolute atomic E-state index is 12.1. The zero-order valence-corrected chi connectivity index (χ0v) is 11.4. The van der Waals surface area contributed by atoms with E-state index in [-0.39, 0.29) is 18.1 Å². The zero-order valence-electron chi connectivity index (χ0n) is 11.4. The number of hydrogen-bond donors (Lipinski definition) is 2. The van der Waals surface area contributed by atoms with Crippen LogP contribution >= 0.6 is 0 Å². The average Bonchev–Trinajstić information content (AvgIpc) is 2.90. The molecular formula is C14H26N2O2. The van der Waals surface area contributed by atoms with Crippen LogP contribution in [0.2, 0.25) is 0 Å². The van der Waals surface area contributed by atoms with Crippen molar-refractivity contribution in [2.24, 2.45) is 5.92 Å². The Morgan fingerprint density at radius 1 is 1.28 bits per heavy atom. The van der Waals surface area contributed by atoms with Crippen molar-refractivity contribution in [2.45, 2.75) is 57.1 Å². The van der Waals surface area contributed by atoms with Crippen molar-refractivity contribution in [2.75, 3.05) is 20.1 Å². The minimum absolute atomic E-state index is 0.0390. The topological polar surface area (TPSA) is 50.4 Å². The molecule has 1 unspecified atom stereocenters. The van der Waals surface area contributed by atoms with Crippen LogP contribution in [0.1, 0.15) is 44.9 Å². The third-order valence-corrected chi connectivity index (χ3v) is 4.25. The SMILES string of the molecule is CNC(CC1CCNCC1)C(=O)OC1CCCC1. The number of hydrogen-bond acceptors (Lipinski definition) is 4. The summed E-state index contributed by atoms with van der Waals surface area (Å²) >= 11 is 0. The number of esters is 1. The van der Waals surface area contributed by atoms with Crippen molar-refractivity contribution in [1.29, 1.82) is 0 Å². The predicted octanol–water partition coefficient (Wildman–Crippen LogP) is 1.45. The Hall–Kier alpha value is -0.610. The molecule has 0 aromatic heterocycles. The highest BCUT2D eigenvalue weighted by Crippen LogP contribution is 2.23. The van der Waals surface area contributed by atoms with Gasteiger partial charge in [-0.3, -0.25) is 4.79 Å². The lowest BCUT2D eigenvalue weighted by Crippen LogP contribution is -2.40. The van der Waals surface area contributed by atoms with E-state index in [4.69, 9.17) is 4.74 Å². The first-order valence-electron chi connectivity index (χ1n) is 7.38. The molecule has 0 spiro atoms. The van der Waals surface area contributed by atoms with Crippen LogP contribution < -0.4 is 10.6 Å². The van der Waals surface area contributed by atoms with E-state index in [1.165, 1.54) is 25.7 Å². The van der Waals surface area contributed by atoms with Gasteiger partial charge in [-0.2, -0.15) is 0 Å². The monoisotopic (exact) mass is 254 g/mol. The molecule has 1 heterocycles. The van der Waals surface area contributed by atoms with E-state index >= 15 is 0 Å². The molecule has 1 aliphatic carbocycles. The summed E-state index contributed by atoms with van der Waals surface area (Å²) in [6, 6.07) is -0.117. The minimum Gasteiger partial charge on any atom is -0.461 e. The Morgan fingerprint density at radius 2 is 1.94 bits per heavy atom. The highest BCUT2D eigenvalue weighted by atomic mass is 16.5. The molecule has 2 fully saturated rings. The van der Waals surface area contributed by atoms with Crippen molar-refractivity contribution < 1.29 is 9.53 Å². The second-order valence-corrected chi connectivity index (χ2v) is 5.61. The van der Waals surface area contributed by atoms with Crippen LogP contribution in [-0.4, -0.2) is 38.3 Å². The van der Waals surface area contributed by atoms with Gasteiger partial charge in [0.25, 0.3) is 0 Å². The Labute approximate surface area is 110 Å². The Balaban J connectivity index is 1.76. The fourth-order valence-electron chi connectivity index (χ4n) is 3.04. The van der Waals surface area contributed by atoms with Gasteiger partial charge in [0.2, 0.25) is 0 Å². The number of likely N-dealkylation sites (N-methyl/N-ethyl adjacent to an activating group) is 1. The highest BCUT2D eigenvalue weighted by molar-refractivity contribution is 5.75. The summed E-state index contributed by atoms with van der Waals surface area (Å²) in [5.74, 6) is 0.614. The quantitative estimate of drug-likeness (QED) is 0.729. The molecule has 2 rings (SSSR count). The van der Waals surface area contributed by atoms with Gasteiger partial charge in [-0.1, -0.05) is 0 Å². The standard InChI is InChI=1S/C14H26N2O2/c1-15-13(10-11-6-8-16-9-7-11)14(17)18-12-4-2-3-5-12/h11-13,15-16H,2-10H2,1H3. The summed E-state index contributed by atoms with van der Waals surface area (Å²) in [7, 11) is 1.86. The average molecular weight is 254 g/mol. The van der Waals surface area contributed by atoms with Gasteiger partial charge in [0.05, 0.1) is 0 Å². The number of carbonyl (C=O) groups excluding carboxylic acids is 1. The van der Waals surface area contributed by atoms with Crippen LogP contribution in [0.5, 0.6) is 0 Å². The molecule has 4 heteroatoms. The Bertz CT molecular complexity index is 259. The molecule has 0 aromatic rings. The number of ether oxygens (including phenoxy) is 1. The lowest BCUT2D eigenvalue weighted by molar-refractivity contribution is -0.151. The van der Waals surface area contributed by atoms with Crippen molar-refractivity contribution in [3.63, 3.8) is 0 Å². The van der Waals surface area contributed by atoms with Gasteiger partial charge in [-0.15, -0.1) is 0 Å². The van der Waals surface area contributed by atoms with Crippen molar-refractivity contribution >= 4 is 5.97 Å². The van der Waals surface area contributed by atoms with E-state index in [1.807, 2.05) is 7.05 Å². The van der Waals surface area contributed by atoms with Crippen LogP contribution in [0, 0.1) is 5.92 Å². The molecule has 1 atom stereocenters. The number of nitrogens with one attached hydrogen (secondary N) is 2. The van der Waals surface area contributed by atoms with Crippen LogP contribution in [-0.2, 0) is 9.53 Å². The first-order chi connectivity index (χ1) is 8.79. The lowest BCUT2D eigenvalue weighted by Gasteiger charge is -2.26. The third-order valence-electron chi connectivity index (χ3n) is 4.25. The molecule has 2 N–H and O–H groups in total. The van der Waals surface area contributed by atoms with Gasteiger partial charge in [0.15, 0.2) is 0 Å². The second-order valence-electron chi connectivity index (χ2n) is 5.61. The normalized spacial score (nSPS) is 24.1. The van der Waals surface area contributed by atoms with Gasteiger partial charge in [0.1, 0.15) is 12.1 Å². The van der Waals surface area contributed by atoms with Gasteiger partial charge < -0.3 is 15.4 Å². The van der Waals surface area contributed by atoms with Gasteiger partial charge in [-0.25, -0.2) is 0 Å². The van der Waals surface area contributed by atoms with Crippen molar-refractivity contribution in [3.05, 3.63) is 0 Å². The second kappa shape index (κ2) is 7.10. The maximum Gasteiger partial charge on any atom is 0.323 e. The van der Waals surface area contributed by atoms with E-state index in [0.29, 0.717) is 5.92 Å². The maximum atomic E-state index is 12.1. The molecule has 4 nitrogen and oxygen atoms in total. The summed E-state index contributed by atoms with van der Waals surface area (Å²) in [5.41, 5.74) is 0. The van der Waals surface area contributed by atoms with Gasteiger partial charge in [0, 0.05) is 0 Å². The predicted molar refractivity (Wildman–Crippen MR) is 71.4 cm³/mol. The first kappa shape index (κ1) is 13.8. The molecule has 0 bridgehead atoms. The number of carbonyl (C=O) groups is 1. The molecule has 2 aliphatic rings. The molecule has 0 aromatic carbocycles. The summed E-state index contributed by atoms with van der Waals surface area (Å²) in [6.45, 7) is 2.16. The van der Waals surface area contributed by atoms with E-state index in [9.17, 15) is 4.79 Å². The summed E-state index contributed by atoms with van der Waals surface area (Å²) in [5, 5.41) is 6.49. The number of rotatable bonds is 5. The molecule has 104 valence electrons. The zero-order chi connectivity index (χ0) is 12.8. The van der Waals surface area contributed by atoms with Crippen LogP contribution in [0.3, 0.4) is 0 Å². The van der Waals surface area contributed by atoms with E-state index in [0.717, 1.165) is 32.4 Å². The van der Waals surface area contributed by atoms with Crippen LogP contribution in [0.15, 0.2) is 0 Å². The van der Waals surface area contributed by atoms with Crippen molar-refractivity contribution in [1.82, 2.24) is 10.6 Å². The Morgan fingerprint density at radius 3 is 2.56 bits per heavy atom. The summed E-state index contributed by atoms with van der Waals surface area (Å²) in [6.07, 6.45) is 7.97. The summed E-state index contributed by atoms with van der Waals surface area (Å²) < 4.78 is 5.59. The number of piperidine rings is 1. The lowest BCUT2D eigenvalue weighted by atomic mass is 9.91. The van der Waals surface area contributed by atoms with E-state index in [1.54, 1.807) is 0 Å². The molecule has 1 saturated heterocycles. The smallest absolute Gasteiger partial charge is 0.323 e. The molecule has 0 radical (unpaired) electrons. The molecule has 1 saturated carbocycles. The largest absolute Gasteiger partial charge is 0.461 e. The first-order valence-corrected chi connectivity index (χ1v) is 7.38. The molecule has 18 heavy (non-hydrogen) atoms. The van der Waals surface area contributed by atoms with E-state index in [2.05, 4.69) is 10.6 Å². The fourth-order valence-corrected chi connectivity index (χ4v) is 3.04.